The summed E-state index contributed by atoms with van der Waals surface area (Å²) in [5.74, 6) is -0.784. The molecule has 5 nitrogen and oxygen atoms in total. The Morgan fingerprint density at radius 3 is 2.34 bits per heavy atom. The van der Waals surface area contributed by atoms with Crippen molar-refractivity contribution in [2.75, 3.05) is 5.32 Å². The molecule has 0 aliphatic carbocycles. The van der Waals surface area contributed by atoms with Crippen LogP contribution in [0.25, 0.3) is 5.78 Å². The normalized spacial score (nSPS) is 13.7. The van der Waals surface area contributed by atoms with Crippen molar-refractivity contribution in [2.24, 2.45) is 5.41 Å². The number of nitrogens with one attached hydrogen (secondary N) is 1. The largest absolute Gasteiger partial charge is 0.419 e. The van der Waals surface area contributed by atoms with Gasteiger partial charge in [0.25, 0.3) is 5.78 Å². The molecule has 156 valence electrons. The summed E-state index contributed by atoms with van der Waals surface area (Å²) in [7, 11) is 0. The number of rotatable bonds is 4. The molecule has 0 aliphatic heterocycles. The van der Waals surface area contributed by atoms with E-state index in [0.717, 1.165) is 12.1 Å². The Balaban J connectivity index is 2.07. The summed E-state index contributed by atoms with van der Waals surface area (Å²) in [4.78, 5) is 8.19. The third-order valence-electron chi connectivity index (χ3n) is 4.39. The number of alkyl halides is 4. The molecule has 3 rings (SSSR count). The average molecular weight is 413 g/mol. The third kappa shape index (κ3) is 4.30. The highest BCUT2D eigenvalue weighted by molar-refractivity contribution is 5.48. The zero-order valence-electron chi connectivity index (χ0n) is 16.3. The zero-order valence-corrected chi connectivity index (χ0v) is 16.3. The first-order valence-electron chi connectivity index (χ1n) is 8.82. The van der Waals surface area contributed by atoms with Crippen LogP contribution in [0.5, 0.6) is 0 Å². The van der Waals surface area contributed by atoms with Crippen molar-refractivity contribution in [3.63, 3.8) is 0 Å². The Bertz CT molecular complexity index is 1040. The van der Waals surface area contributed by atoms with Gasteiger partial charge in [0.1, 0.15) is 11.6 Å². The zero-order chi connectivity index (χ0) is 21.6. The molecule has 2 heterocycles. The molecule has 0 saturated carbocycles. The van der Waals surface area contributed by atoms with Gasteiger partial charge in [-0.1, -0.05) is 26.8 Å². The van der Waals surface area contributed by atoms with E-state index in [0.29, 0.717) is 17.1 Å². The van der Waals surface area contributed by atoms with E-state index in [9.17, 15) is 22.0 Å². The molecule has 0 saturated heterocycles. The molecule has 0 unspecified atom stereocenters. The van der Waals surface area contributed by atoms with Crippen LogP contribution in [0.3, 0.4) is 0 Å². The second-order valence-electron chi connectivity index (χ2n) is 7.84. The average Bonchev–Trinajstić information content (AvgIpc) is 3.00. The Morgan fingerprint density at radius 1 is 1.10 bits per heavy atom. The molecule has 1 aromatic carbocycles. The van der Waals surface area contributed by atoms with Gasteiger partial charge in [0.15, 0.2) is 12.5 Å². The monoisotopic (exact) mass is 413 g/mol. The van der Waals surface area contributed by atoms with Crippen LogP contribution in [0.1, 0.15) is 49.5 Å². The fourth-order valence-corrected chi connectivity index (χ4v) is 3.08. The van der Waals surface area contributed by atoms with E-state index in [1.165, 1.54) is 10.6 Å². The Morgan fingerprint density at radius 2 is 1.79 bits per heavy atom. The number of fused-ring (bicyclic) bond motifs is 1. The van der Waals surface area contributed by atoms with Gasteiger partial charge in [0.05, 0.1) is 11.6 Å². The third-order valence-corrected chi connectivity index (χ3v) is 4.39. The van der Waals surface area contributed by atoms with Crippen LogP contribution < -0.4 is 5.32 Å². The van der Waals surface area contributed by atoms with Gasteiger partial charge >= 0.3 is 6.18 Å². The molecule has 3 aromatic rings. The predicted molar refractivity (Wildman–Crippen MR) is 97.6 cm³/mol. The standard InChI is InChI=1S/C19H20F5N5/c1-10-7-15(29-17(25-10)26-14(9-20)28-29)27-16(18(2,3)4)11-5-6-12(13(21)8-11)19(22,23)24/h5-8,16,27H,9H2,1-4H3/t16-/m0/s1. The van der Waals surface area contributed by atoms with Crippen molar-refractivity contribution in [1.82, 2.24) is 19.6 Å². The first-order valence-corrected chi connectivity index (χ1v) is 8.82. The number of hydrogen-bond donors (Lipinski definition) is 1. The summed E-state index contributed by atoms with van der Waals surface area (Å²) in [6.45, 7) is 6.44. The lowest BCUT2D eigenvalue weighted by Crippen LogP contribution is -2.27. The van der Waals surface area contributed by atoms with Gasteiger partial charge < -0.3 is 5.32 Å². The number of nitrogens with zero attached hydrogens (tertiary/aromatic N) is 4. The summed E-state index contributed by atoms with van der Waals surface area (Å²) >= 11 is 0. The smallest absolute Gasteiger partial charge is 0.363 e. The molecule has 0 amide bonds. The van der Waals surface area contributed by atoms with Crippen molar-refractivity contribution in [1.29, 1.82) is 0 Å². The number of hydrogen-bond acceptors (Lipinski definition) is 4. The predicted octanol–water partition coefficient (Wildman–Crippen LogP) is 5.26. The Hall–Kier alpha value is -2.78. The minimum atomic E-state index is -4.77. The molecule has 0 fully saturated rings. The van der Waals surface area contributed by atoms with Crippen molar-refractivity contribution < 1.29 is 22.0 Å². The van der Waals surface area contributed by atoms with Gasteiger partial charge in [-0.15, -0.1) is 5.10 Å². The summed E-state index contributed by atoms with van der Waals surface area (Å²) < 4.78 is 67.2. The highest BCUT2D eigenvalue weighted by atomic mass is 19.4. The van der Waals surface area contributed by atoms with E-state index in [2.05, 4.69) is 20.4 Å². The number of benzene rings is 1. The van der Waals surface area contributed by atoms with E-state index in [1.807, 2.05) is 20.8 Å². The van der Waals surface area contributed by atoms with Crippen LogP contribution in [0.15, 0.2) is 24.3 Å². The minimum Gasteiger partial charge on any atom is -0.363 e. The molecule has 0 bridgehead atoms. The minimum absolute atomic E-state index is 0.0426. The summed E-state index contributed by atoms with van der Waals surface area (Å²) in [5.41, 5.74) is -0.917. The Labute approximate surface area is 164 Å². The molecule has 0 spiro atoms. The van der Waals surface area contributed by atoms with Crippen molar-refractivity contribution >= 4 is 11.6 Å². The highest BCUT2D eigenvalue weighted by Crippen LogP contribution is 2.38. The maximum atomic E-state index is 14.2. The molecule has 0 aliphatic rings. The molecule has 0 radical (unpaired) electrons. The van der Waals surface area contributed by atoms with E-state index < -0.39 is 35.7 Å². The van der Waals surface area contributed by atoms with Gasteiger partial charge in [-0.2, -0.15) is 22.7 Å². The topological polar surface area (TPSA) is 55.1 Å². The lowest BCUT2D eigenvalue weighted by molar-refractivity contribution is -0.140. The van der Waals surface area contributed by atoms with Gasteiger partial charge in [0, 0.05) is 11.8 Å². The molecule has 1 N–H and O–H groups in total. The Kier molecular flexibility index (Phi) is 5.22. The second-order valence-corrected chi connectivity index (χ2v) is 7.84. The summed E-state index contributed by atoms with van der Waals surface area (Å²) in [6, 6.07) is 3.93. The van der Waals surface area contributed by atoms with E-state index in [4.69, 9.17) is 0 Å². The molecule has 29 heavy (non-hydrogen) atoms. The van der Waals surface area contributed by atoms with Crippen molar-refractivity contribution in [3.05, 3.63) is 52.7 Å². The van der Waals surface area contributed by atoms with E-state index in [1.54, 1.807) is 13.0 Å². The SMILES string of the molecule is Cc1cc(N[C@@H](c2ccc(C(F)(F)F)c(F)c2)C(C)(C)C)n2nc(CF)nc2n1. The van der Waals surface area contributed by atoms with Crippen LogP contribution in [0.2, 0.25) is 0 Å². The lowest BCUT2D eigenvalue weighted by atomic mass is 9.82. The molecule has 2 aromatic heterocycles. The van der Waals surface area contributed by atoms with Gasteiger partial charge in [-0.05, 0) is 30.0 Å². The van der Waals surface area contributed by atoms with Gasteiger partial charge in [-0.3, -0.25) is 0 Å². The van der Waals surface area contributed by atoms with Crippen LogP contribution in [0.4, 0.5) is 27.8 Å². The van der Waals surface area contributed by atoms with Crippen LogP contribution in [-0.4, -0.2) is 19.6 Å². The highest BCUT2D eigenvalue weighted by Gasteiger charge is 2.35. The molecule has 10 heteroatoms. The molecular formula is C19H20F5N5. The van der Waals surface area contributed by atoms with E-state index >= 15 is 0 Å². The summed E-state index contributed by atoms with van der Waals surface area (Å²) in [6.07, 6.45) is -4.77. The quantitative estimate of drug-likeness (QED) is 0.593. The first-order chi connectivity index (χ1) is 13.4. The molecular weight excluding hydrogens is 393 g/mol. The van der Waals surface area contributed by atoms with Crippen LogP contribution in [-0.2, 0) is 12.9 Å². The number of anilines is 1. The summed E-state index contributed by atoms with van der Waals surface area (Å²) in [5, 5.41) is 7.24. The van der Waals surface area contributed by atoms with Crippen molar-refractivity contribution in [2.45, 2.75) is 46.6 Å². The van der Waals surface area contributed by atoms with E-state index in [-0.39, 0.29) is 11.6 Å². The lowest BCUT2D eigenvalue weighted by Gasteiger charge is -2.33. The fourth-order valence-electron chi connectivity index (χ4n) is 3.08. The van der Waals surface area contributed by atoms with Gasteiger partial charge in [0.2, 0.25) is 0 Å². The van der Waals surface area contributed by atoms with Gasteiger partial charge in [-0.25, -0.2) is 13.8 Å². The van der Waals surface area contributed by atoms with Crippen LogP contribution >= 0.6 is 0 Å². The molecule has 1 atom stereocenters. The fraction of sp³-hybridized carbons (Fsp3) is 0.421. The first kappa shape index (κ1) is 20.9. The maximum Gasteiger partial charge on any atom is 0.419 e. The number of halogens is 5. The van der Waals surface area contributed by atoms with Crippen molar-refractivity contribution in [3.8, 4) is 0 Å². The van der Waals surface area contributed by atoms with Crippen LogP contribution in [0, 0.1) is 18.2 Å². The second kappa shape index (κ2) is 7.23. The maximum absolute atomic E-state index is 14.2. The number of aryl methyl sites for hydroxylation is 1. The number of aromatic nitrogens is 4.